The van der Waals surface area contributed by atoms with Gasteiger partial charge < -0.3 is 15.1 Å². The molecule has 0 spiro atoms. The van der Waals surface area contributed by atoms with Gasteiger partial charge in [-0.1, -0.05) is 12.1 Å². The van der Waals surface area contributed by atoms with Crippen molar-refractivity contribution in [3.8, 4) is 0 Å². The summed E-state index contributed by atoms with van der Waals surface area (Å²) >= 11 is 0. The van der Waals surface area contributed by atoms with E-state index >= 15 is 0 Å². The van der Waals surface area contributed by atoms with Gasteiger partial charge in [0.1, 0.15) is 0 Å². The summed E-state index contributed by atoms with van der Waals surface area (Å²) in [5.41, 5.74) is 6.38. The van der Waals surface area contributed by atoms with Gasteiger partial charge >= 0.3 is 0 Å². The van der Waals surface area contributed by atoms with E-state index in [9.17, 15) is 0 Å². The van der Waals surface area contributed by atoms with Crippen LogP contribution < -0.4 is 15.1 Å². The molecule has 3 aliphatic heterocycles. The molecule has 4 aliphatic rings. The van der Waals surface area contributed by atoms with E-state index in [0.717, 1.165) is 25.0 Å². The van der Waals surface area contributed by atoms with Crippen molar-refractivity contribution in [2.75, 3.05) is 36.0 Å². The first-order chi connectivity index (χ1) is 9.92. The maximum absolute atomic E-state index is 3.59. The van der Waals surface area contributed by atoms with Gasteiger partial charge in [-0.3, -0.25) is 0 Å². The summed E-state index contributed by atoms with van der Waals surface area (Å²) in [7, 11) is 0. The van der Waals surface area contributed by atoms with E-state index < -0.39 is 0 Å². The highest BCUT2D eigenvalue weighted by atomic mass is 15.3. The van der Waals surface area contributed by atoms with Crippen molar-refractivity contribution >= 4 is 11.4 Å². The molecule has 1 unspecified atom stereocenters. The molecule has 106 valence electrons. The van der Waals surface area contributed by atoms with Crippen molar-refractivity contribution < 1.29 is 0 Å². The maximum atomic E-state index is 3.59. The van der Waals surface area contributed by atoms with Gasteiger partial charge in [0.15, 0.2) is 0 Å². The minimum atomic E-state index is 0.772. The Bertz CT molecular complexity index is 549. The summed E-state index contributed by atoms with van der Waals surface area (Å²) in [4.78, 5) is 5.44. The van der Waals surface area contributed by atoms with E-state index in [2.05, 4.69) is 27.2 Å². The molecule has 0 radical (unpaired) electrons. The van der Waals surface area contributed by atoms with Crippen LogP contribution in [0.2, 0.25) is 0 Å². The molecule has 5 rings (SSSR count). The molecule has 1 saturated carbocycles. The Hall–Kier alpha value is -1.22. The number of anilines is 2. The summed E-state index contributed by atoms with van der Waals surface area (Å²) < 4.78 is 0. The zero-order chi connectivity index (χ0) is 13.1. The first kappa shape index (κ1) is 11.4. The van der Waals surface area contributed by atoms with Crippen LogP contribution in [0.25, 0.3) is 0 Å². The van der Waals surface area contributed by atoms with Gasteiger partial charge in [-0.2, -0.15) is 0 Å². The molecule has 0 amide bonds. The van der Waals surface area contributed by atoms with Gasteiger partial charge in [-0.25, -0.2) is 0 Å². The normalized spacial score (nSPS) is 28.1. The molecule has 3 heterocycles. The molecule has 3 nitrogen and oxygen atoms in total. The summed E-state index contributed by atoms with van der Waals surface area (Å²) in [5, 5.41) is 3.59. The molecule has 0 aromatic heterocycles. The van der Waals surface area contributed by atoms with Gasteiger partial charge in [0, 0.05) is 38.8 Å². The Labute approximate surface area is 120 Å². The third-order valence-corrected chi connectivity index (χ3v) is 5.57. The first-order valence-corrected chi connectivity index (χ1v) is 8.30. The fourth-order valence-electron chi connectivity index (χ4n) is 4.46. The Morgan fingerprint density at radius 2 is 2.00 bits per heavy atom. The van der Waals surface area contributed by atoms with E-state index in [-0.39, 0.29) is 0 Å². The number of hydrogen-bond acceptors (Lipinski definition) is 3. The zero-order valence-electron chi connectivity index (χ0n) is 12.1. The lowest BCUT2D eigenvalue weighted by atomic mass is 9.97. The number of fused-ring (bicyclic) bond motifs is 2. The largest absolute Gasteiger partial charge is 0.366 e. The lowest BCUT2D eigenvalue weighted by molar-refractivity contribution is 0.600. The van der Waals surface area contributed by atoms with Gasteiger partial charge in [-0.05, 0) is 42.7 Å². The smallest absolute Gasteiger partial charge is 0.0653 e. The molecule has 1 atom stereocenters. The molecule has 20 heavy (non-hydrogen) atoms. The van der Waals surface area contributed by atoms with E-state index in [1.54, 1.807) is 16.9 Å². The highest BCUT2D eigenvalue weighted by Gasteiger charge is 2.39. The van der Waals surface area contributed by atoms with Crippen LogP contribution in [0.4, 0.5) is 11.4 Å². The lowest BCUT2D eigenvalue weighted by Crippen LogP contribution is -2.47. The third kappa shape index (κ3) is 1.56. The average molecular weight is 269 g/mol. The van der Waals surface area contributed by atoms with Crippen LogP contribution in [0.1, 0.15) is 42.7 Å². The van der Waals surface area contributed by atoms with Crippen LogP contribution in [0.15, 0.2) is 12.1 Å². The molecule has 1 aromatic carbocycles. The molecule has 1 saturated heterocycles. The van der Waals surface area contributed by atoms with Crippen molar-refractivity contribution in [3.63, 3.8) is 0 Å². The van der Waals surface area contributed by atoms with Crippen LogP contribution >= 0.6 is 0 Å². The predicted molar refractivity (Wildman–Crippen MR) is 82.7 cm³/mol. The Kier molecular flexibility index (Phi) is 2.37. The van der Waals surface area contributed by atoms with Gasteiger partial charge in [0.25, 0.3) is 0 Å². The minimum absolute atomic E-state index is 0.772. The van der Waals surface area contributed by atoms with Crippen LogP contribution in [-0.2, 0) is 6.54 Å². The summed E-state index contributed by atoms with van der Waals surface area (Å²) in [6, 6.07) is 5.61. The van der Waals surface area contributed by atoms with Crippen molar-refractivity contribution in [1.82, 2.24) is 5.32 Å². The Morgan fingerprint density at radius 3 is 2.90 bits per heavy atom. The van der Waals surface area contributed by atoms with Gasteiger partial charge in [-0.15, -0.1) is 0 Å². The van der Waals surface area contributed by atoms with Crippen molar-refractivity contribution in [3.05, 3.63) is 23.3 Å². The second kappa shape index (κ2) is 4.14. The zero-order valence-corrected chi connectivity index (χ0v) is 12.1. The van der Waals surface area contributed by atoms with E-state index in [1.807, 2.05) is 0 Å². The number of hydrogen-bond donors (Lipinski definition) is 1. The van der Waals surface area contributed by atoms with Gasteiger partial charge in [0.2, 0.25) is 0 Å². The second-order valence-corrected chi connectivity index (χ2v) is 6.90. The summed E-state index contributed by atoms with van der Waals surface area (Å²) in [6.07, 6.45) is 5.58. The van der Waals surface area contributed by atoms with E-state index in [4.69, 9.17) is 0 Å². The molecule has 1 N–H and O–H groups in total. The Balaban J connectivity index is 1.73. The second-order valence-electron chi connectivity index (χ2n) is 6.90. The number of nitrogens with one attached hydrogen (secondary N) is 1. The Morgan fingerprint density at radius 1 is 1.05 bits per heavy atom. The molecule has 2 fully saturated rings. The summed E-state index contributed by atoms with van der Waals surface area (Å²) in [6.45, 7) is 5.87. The number of nitrogens with zero attached hydrogens (tertiary/aromatic N) is 2. The fraction of sp³-hybridized carbons (Fsp3) is 0.647. The van der Waals surface area contributed by atoms with E-state index in [0.29, 0.717) is 0 Å². The molecule has 0 bridgehead atoms. The van der Waals surface area contributed by atoms with Crippen LogP contribution in [0, 0.1) is 0 Å². The quantitative estimate of drug-likeness (QED) is 0.845. The standard InChI is InChI=1S/C17H23N3/c1-2-14-11-19-9-7-18-10-13-5-6-15(12-3-4-12)17(16(13)19)20(14)8-1/h5-6,12,14,18H,1-4,7-11H2. The fourth-order valence-corrected chi connectivity index (χ4v) is 4.46. The SMILES string of the molecule is c1cc(C2CC2)c2c3c1CNCCN3CC1CCCN21. The number of rotatable bonds is 1. The monoisotopic (exact) mass is 269 g/mol. The lowest BCUT2D eigenvalue weighted by Gasteiger charge is -2.43. The third-order valence-electron chi connectivity index (χ3n) is 5.57. The molecular weight excluding hydrogens is 246 g/mol. The average Bonchev–Trinajstić information content (AvgIpc) is 3.23. The molecule has 3 heteroatoms. The maximum Gasteiger partial charge on any atom is 0.0653 e. The minimum Gasteiger partial charge on any atom is -0.366 e. The van der Waals surface area contributed by atoms with Crippen molar-refractivity contribution in [1.29, 1.82) is 0 Å². The topological polar surface area (TPSA) is 18.5 Å². The number of benzene rings is 1. The molecule has 1 aliphatic carbocycles. The van der Waals surface area contributed by atoms with Gasteiger partial charge in [0.05, 0.1) is 11.4 Å². The molecular formula is C17H23N3. The van der Waals surface area contributed by atoms with Crippen molar-refractivity contribution in [2.24, 2.45) is 0 Å². The van der Waals surface area contributed by atoms with Crippen molar-refractivity contribution in [2.45, 2.75) is 44.2 Å². The summed E-state index contributed by atoms with van der Waals surface area (Å²) in [5.74, 6) is 0.854. The first-order valence-electron chi connectivity index (χ1n) is 8.30. The molecule has 1 aromatic rings. The highest BCUT2D eigenvalue weighted by Crippen LogP contribution is 2.52. The predicted octanol–water partition coefficient (Wildman–Crippen LogP) is 2.46. The van der Waals surface area contributed by atoms with E-state index in [1.165, 1.54) is 50.9 Å². The highest BCUT2D eigenvalue weighted by molar-refractivity contribution is 5.82. The van der Waals surface area contributed by atoms with Crippen LogP contribution in [0.5, 0.6) is 0 Å². The van der Waals surface area contributed by atoms with Crippen LogP contribution in [-0.4, -0.2) is 32.2 Å². The van der Waals surface area contributed by atoms with Crippen LogP contribution in [0.3, 0.4) is 0 Å².